The maximum atomic E-state index is 7.45. The van der Waals surface area contributed by atoms with Crippen LogP contribution in [0.2, 0.25) is 0 Å². The Balaban J connectivity index is 1.66. The van der Waals surface area contributed by atoms with Crippen molar-refractivity contribution >= 4 is 11.9 Å². The molecule has 0 saturated carbocycles. The maximum Gasteiger partial charge on any atom is 0.262 e. The molecule has 0 aliphatic carbocycles. The summed E-state index contributed by atoms with van der Waals surface area (Å²) in [6.07, 6.45) is 2.27. The van der Waals surface area contributed by atoms with Crippen molar-refractivity contribution in [2.75, 3.05) is 7.11 Å². The van der Waals surface area contributed by atoms with Crippen molar-refractivity contribution in [3.8, 4) is 11.5 Å². The SMILES string of the molecule is [C-]#[N+]C(C=Nc1ccccc1)Cc1ccc(OCc2ccccc2)c(OC)c1. The van der Waals surface area contributed by atoms with Gasteiger partial charge in [-0.15, -0.1) is 0 Å². The largest absolute Gasteiger partial charge is 0.493 e. The Kier molecular flexibility index (Phi) is 6.81. The molecule has 0 radical (unpaired) electrons. The molecule has 3 aromatic rings. The average Bonchev–Trinajstić information content (AvgIpc) is 2.77. The Morgan fingerprint density at radius 1 is 0.929 bits per heavy atom. The lowest BCUT2D eigenvalue weighted by Crippen LogP contribution is -2.08. The number of nitrogens with zero attached hydrogens (tertiary/aromatic N) is 2. The quantitative estimate of drug-likeness (QED) is 0.387. The van der Waals surface area contributed by atoms with E-state index in [0.717, 1.165) is 16.8 Å². The lowest BCUT2D eigenvalue weighted by Gasteiger charge is -2.12. The molecule has 4 nitrogen and oxygen atoms in total. The number of hydrogen-bond acceptors (Lipinski definition) is 3. The molecule has 3 rings (SSSR count). The number of aliphatic imine (C=N–C) groups is 1. The van der Waals surface area contributed by atoms with Crippen molar-refractivity contribution < 1.29 is 9.47 Å². The van der Waals surface area contributed by atoms with Crippen LogP contribution in [0.15, 0.2) is 83.9 Å². The molecule has 1 unspecified atom stereocenters. The molecule has 140 valence electrons. The summed E-state index contributed by atoms with van der Waals surface area (Å²) in [5.74, 6) is 1.35. The van der Waals surface area contributed by atoms with E-state index in [-0.39, 0.29) is 6.04 Å². The Morgan fingerprint density at radius 2 is 1.64 bits per heavy atom. The highest BCUT2D eigenvalue weighted by atomic mass is 16.5. The number of benzene rings is 3. The second-order valence-electron chi connectivity index (χ2n) is 6.27. The Labute approximate surface area is 165 Å². The molecule has 3 aromatic carbocycles. The Hall–Kier alpha value is -3.58. The van der Waals surface area contributed by atoms with Crippen LogP contribution in [0.4, 0.5) is 5.69 Å². The molecule has 0 saturated heterocycles. The first-order chi connectivity index (χ1) is 13.8. The molecule has 0 bridgehead atoms. The van der Waals surface area contributed by atoms with E-state index < -0.39 is 0 Å². The molecular formula is C24H22N2O2. The van der Waals surface area contributed by atoms with Gasteiger partial charge >= 0.3 is 0 Å². The fourth-order valence-corrected chi connectivity index (χ4v) is 2.75. The molecule has 4 heteroatoms. The van der Waals surface area contributed by atoms with Crippen molar-refractivity contribution in [1.29, 1.82) is 0 Å². The molecule has 0 aromatic heterocycles. The van der Waals surface area contributed by atoms with Gasteiger partial charge in [0.05, 0.1) is 25.4 Å². The van der Waals surface area contributed by atoms with Crippen LogP contribution in [0.5, 0.6) is 11.5 Å². The second-order valence-corrected chi connectivity index (χ2v) is 6.27. The van der Waals surface area contributed by atoms with Crippen molar-refractivity contribution in [3.05, 3.63) is 101 Å². The average molecular weight is 370 g/mol. The summed E-state index contributed by atoms with van der Waals surface area (Å²) in [4.78, 5) is 8.08. The lowest BCUT2D eigenvalue weighted by molar-refractivity contribution is 0.284. The highest BCUT2D eigenvalue weighted by molar-refractivity contribution is 5.71. The van der Waals surface area contributed by atoms with E-state index >= 15 is 0 Å². The van der Waals surface area contributed by atoms with E-state index in [2.05, 4.69) is 9.84 Å². The highest BCUT2D eigenvalue weighted by Crippen LogP contribution is 2.29. The van der Waals surface area contributed by atoms with Crippen LogP contribution < -0.4 is 9.47 Å². The van der Waals surface area contributed by atoms with Gasteiger partial charge in [0.15, 0.2) is 11.5 Å². The first kappa shape index (κ1) is 19.2. The zero-order valence-electron chi connectivity index (χ0n) is 15.8. The third-order valence-electron chi connectivity index (χ3n) is 4.23. The molecular weight excluding hydrogens is 348 g/mol. The Morgan fingerprint density at radius 3 is 2.32 bits per heavy atom. The van der Waals surface area contributed by atoms with Gasteiger partial charge in [-0.1, -0.05) is 54.6 Å². The Bertz CT molecular complexity index is 947. The van der Waals surface area contributed by atoms with Crippen molar-refractivity contribution in [2.24, 2.45) is 4.99 Å². The highest BCUT2D eigenvalue weighted by Gasteiger charge is 2.13. The molecule has 0 aliphatic heterocycles. The van der Waals surface area contributed by atoms with E-state index in [4.69, 9.17) is 16.0 Å². The van der Waals surface area contributed by atoms with Gasteiger partial charge < -0.3 is 14.3 Å². The van der Waals surface area contributed by atoms with Crippen LogP contribution in [0.3, 0.4) is 0 Å². The van der Waals surface area contributed by atoms with E-state index in [1.165, 1.54) is 0 Å². The summed E-state index contributed by atoms with van der Waals surface area (Å²) in [5, 5.41) is 0. The van der Waals surface area contributed by atoms with Crippen LogP contribution >= 0.6 is 0 Å². The van der Waals surface area contributed by atoms with Gasteiger partial charge in [-0.3, -0.25) is 4.99 Å². The molecule has 0 heterocycles. The topological polar surface area (TPSA) is 35.2 Å². The van der Waals surface area contributed by atoms with Crippen molar-refractivity contribution in [1.82, 2.24) is 0 Å². The smallest absolute Gasteiger partial charge is 0.262 e. The first-order valence-electron chi connectivity index (χ1n) is 9.08. The van der Waals surface area contributed by atoms with Gasteiger partial charge in [0.1, 0.15) is 6.61 Å². The van der Waals surface area contributed by atoms with E-state index in [1.807, 2.05) is 78.9 Å². The lowest BCUT2D eigenvalue weighted by atomic mass is 10.1. The second kappa shape index (κ2) is 9.94. The predicted molar refractivity (Wildman–Crippen MR) is 112 cm³/mol. The zero-order chi connectivity index (χ0) is 19.6. The minimum atomic E-state index is -0.332. The summed E-state index contributed by atoms with van der Waals surface area (Å²) in [6, 6.07) is 25.1. The molecule has 0 fully saturated rings. The van der Waals surface area contributed by atoms with Gasteiger partial charge in [-0.2, -0.15) is 0 Å². The molecule has 28 heavy (non-hydrogen) atoms. The van der Waals surface area contributed by atoms with E-state index in [9.17, 15) is 0 Å². The number of methoxy groups -OCH3 is 1. The number of rotatable bonds is 8. The van der Waals surface area contributed by atoms with Gasteiger partial charge in [0, 0.05) is 0 Å². The maximum absolute atomic E-state index is 7.45. The van der Waals surface area contributed by atoms with Crippen LogP contribution in [0, 0.1) is 6.57 Å². The van der Waals surface area contributed by atoms with Crippen molar-refractivity contribution in [2.45, 2.75) is 19.1 Å². The summed E-state index contributed by atoms with van der Waals surface area (Å²) < 4.78 is 11.4. The van der Waals surface area contributed by atoms with Crippen LogP contribution in [-0.2, 0) is 13.0 Å². The van der Waals surface area contributed by atoms with Gasteiger partial charge in [-0.05, 0) is 35.4 Å². The summed E-state index contributed by atoms with van der Waals surface area (Å²) in [7, 11) is 1.62. The number of hydrogen-bond donors (Lipinski definition) is 0. The van der Waals surface area contributed by atoms with E-state index in [1.54, 1.807) is 13.3 Å². The zero-order valence-corrected chi connectivity index (χ0v) is 15.8. The minimum absolute atomic E-state index is 0.332. The van der Waals surface area contributed by atoms with Crippen LogP contribution in [0.1, 0.15) is 11.1 Å². The van der Waals surface area contributed by atoms with Gasteiger partial charge in [0.2, 0.25) is 0 Å². The number of ether oxygens (including phenoxy) is 2. The minimum Gasteiger partial charge on any atom is -0.493 e. The predicted octanol–water partition coefficient (Wildman–Crippen LogP) is 5.51. The summed E-state index contributed by atoms with van der Waals surface area (Å²) >= 11 is 0. The van der Waals surface area contributed by atoms with E-state index in [0.29, 0.717) is 24.5 Å². The summed E-state index contributed by atoms with van der Waals surface area (Å²) in [6.45, 7) is 7.93. The third kappa shape index (κ3) is 5.46. The van der Waals surface area contributed by atoms with Crippen LogP contribution in [0.25, 0.3) is 4.85 Å². The third-order valence-corrected chi connectivity index (χ3v) is 4.23. The fourth-order valence-electron chi connectivity index (χ4n) is 2.75. The van der Waals surface area contributed by atoms with Gasteiger partial charge in [-0.25, -0.2) is 6.57 Å². The number of para-hydroxylation sites is 1. The van der Waals surface area contributed by atoms with Gasteiger partial charge in [0.25, 0.3) is 6.04 Å². The monoisotopic (exact) mass is 370 g/mol. The fraction of sp³-hybridized carbons (Fsp3) is 0.167. The van der Waals surface area contributed by atoms with Crippen LogP contribution in [-0.4, -0.2) is 19.4 Å². The summed E-state index contributed by atoms with van der Waals surface area (Å²) in [5.41, 5.74) is 2.95. The van der Waals surface area contributed by atoms with Crippen molar-refractivity contribution in [3.63, 3.8) is 0 Å². The molecule has 1 atom stereocenters. The normalized spacial score (nSPS) is 11.7. The standard InChI is InChI=1S/C24H22N2O2/c1-25-22(17-26-21-11-7-4-8-12-21)15-20-13-14-23(24(16-20)27-2)28-18-19-9-5-3-6-10-19/h3-14,16-17,22H,15,18H2,2H3. The molecule has 0 aliphatic rings. The first-order valence-corrected chi connectivity index (χ1v) is 9.08. The molecule has 0 spiro atoms. The molecule has 0 amide bonds. The molecule has 0 N–H and O–H groups in total.